The zero-order chi connectivity index (χ0) is 18.8. The van der Waals surface area contributed by atoms with Gasteiger partial charge in [0.25, 0.3) is 5.91 Å². The second-order valence-corrected chi connectivity index (χ2v) is 7.94. The fourth-order valence-electron chi connectivity index (χ4n) is 2.92. The van der Waals surface area contributed by atoms with E-state index in [4.69, 9.17) is 4.74 Å². The second kappa shape index (κ2) is 7.93. The molecule has 1 aromatic carbocycles. The Labute approximate surface area is 163 Å². The van der Waals surface area contributed by atoms with Crippen LogP contribution >= 0.6 is 22.9 Å². The molecule has 7 nitrogen and oxygen atoms in total. The lowest BCUT2D eigenvalue weighted by molar-refractivity contribution is 0.0391. The first-order valence-corrected chi connectivity index (χ1v) is 10.2. The monoisotopic (exact) mass is 407 g/mol. The van der Waals surface area contributed by atoms with E-state index in [-0.39, 0.29) is 11.7 Å². The quantitative estimate of drug-likeness (QED) is 0.647. The molecule has 0 atom stereocenters. The summed E-state index contributed by atoms with van der Waals surface area (Å²) in [7, 11) is 0. The number of nitrogens with zero attached hydrogens (tertiary/aromatic N) is 5. The number of aryl methyl sites for hydroxylation is 1. The van der Waals surface area contributed by atoms with E-state index in [0.717, 1.165) is 24.6 Å². The molecule has 0 unspecified atom stereocenters. The largest absolute Gasteiger partial charge is 0.379 e. The third-order valence-electron chi connectivity index (χ3n) is 4.42. The molecule has 2 aromatic heterocycles. The molecule has 0 N–H and O–H groups in total. The van der Waals surface area contributed by atoms with Gasteiger partial charge in [0.2, 0.25) is 0 Å². The van der Waals surface area contributed by atoms with Gasteiger partial charge in [0.1, 0.15) is 16.2 Å². The van der Waals surface area contributed by atoms with Crippen molar-refractivity contribution < 1.29 is 13.9 Å². The number of anilines is 1. The van der Waals surface area contributed by atoms with E-state index in [1.807, 2.05) is 6.07 Å². The predicted octanol–water partition coefficient (Wildman–Crippen LogP) is 2.57. The molecule has 0 bridgehead atoms. The highest BCUT2D eigenvalue weighted by molar-refractivity contribution is 7.22. The zero-order valence-electron chi connectivity index (χ0n) is 14.7. The van der Waals surface area contributed by atoms with E-state index in [2.05, 4.69) is 19.5 Å². The first-order chi connectivity index (χ1) is 13.1. The first-order valence-electron chi connectivity index (χ1n) is 8.59. The highest BCUT2D eigenvalue weighted by atomic mass is 32.1. The number of thiazole rings is 1. The number of morpholine rings is 1. The Bertz CT molecular complexity index is 954. The molecule has 1 fully saturated rings. The van der Waals surface area contributed by atoms with Gasteiger partial charge in [0.15, 0.2) is 5.13 Å². The van der Waals surface area contributed by atoms with Crippen molar-refractivity contribution in [3.05, 3.63) is 34.6 Å². The molecule has 0 saturated carbocycles. The van der Waals surface area contributed by atoms with Crippen LogP contribution < -0.4 is 4.90 Å². The molecule has 10 heteroatoms. The number of rotatable bonds is 5. The van der Waals surface area contributed by atoms with Crippen LogP contribution in [0, 0.1) is 12.7 Å². The summed E-state index contributed by atoms with van der Waals surface area (Å²) in [6.07, 6.45) is 0. The fourth-order valence-corrected chi connectivity index (χ4v) is 4.53. The Kier molecular flexibility index (Phi) is 5.39. The fraction of sp³-hybridized carbons (Fsp3) is 0.412. The van der Waals surface area contributed by atoms with Gasteiger partial charge in [-0.05, 0) is 30.6 Å². The van der Waals surface area contributed by atoms with Crippen molar-refractivity contribution in [2.45, 2.75) is 6.92 Å². The van der Waals surface area contributed by atoms with Crippen LogP contribution in [-0.2, 0) is 4.74 Å². The molecule has 3 aromatic rings. The molecule has 1 saturated heterocycles. The smallest absolute Gasteiger partial charge is 0.273 e. The van der Waals surface area contributed by atoms with E-state index >= 15 is 0 Å². The third kappa shape index (κ3) is 3.84. The highest BCUT2D eigenvalue weighted by Crippen LogP contribution is 2.31. The van der Waals surface area contributed by atoms with Crippen LogP contribution in [-0.4, -0.2) is 64.8 Å². The van der Waals surface area contributed by atoms with E-state index in [0.29, 0.717) is 52.2 Å². The van der Waals surface area contributed by atoms with Gasteiger partial charge in [-0.25, -0.2) is 9.37 Å². The molecule has 3 heterocycles. The lowest BCUT2D eigenvalue weighted by Crippen LogP contribution is -2.43. The molecule has 0 radical (unpaired) electrons. The zero-order valence-corrected chi connectivity index (χ0v) is 16.4. The Hall–Kier alpha value is -2.01. The normalized spacial score (nSPS) is 15.3. The van der Waals surface area contributed by atoms with E-state index < -0.39 is 0 Å². The van der Waals surface area contributed by atoms with Crippen molar-refractivity contribution in [2.24, 2.45) is 0 Å². The van der Waals surface area contributed by atoms with E-state index in [1.54, 1.807) is 17.9 Å². The molecule has 1 aliphatic rings. The Morgan fingerprint density at radius 1 is 1.37 bits per heavy atom. The maximum absolute atomic E-state index is 14.1. The SMILES string of the molecule is Cc1nnsc1C(=O)N(CCN1CCOCC1)c1nc2c(F)cccc2s1. The number of carbonyl (C=O) groups is 1. The van der Waals surface area contributed by atoms with Crippen LogP contribution in [0.15, 0.2) is 18.2 Å². The minimum absolute atomic E-state index is 0.199. The summed E-state index contributed by atoms with van der Waals surface area (Å²) in [6, 6.07) is 4.84. The molecule has 4 rings (SSSR count). The maximum atomic E-state index is 14.1. The predicted molar refractivity (Wildman–Crippen MR) is 103 cm³/mol. The molecule has 1 aliphatic heterocycles. The topological polar surface area (TPSA) is 71.5 Å². The molecular weight excluding hydrogens is 389 g/mol. The molecule has 142 valence electrons. The lowest BCUT2D eigenvalue weighted by Gasteiger charge is -2.29. The molecule has 1 amide bonds. The summed E-state index contributed by atoms with van der Waals surface area (Å²) >= 11 is 2.38. The second-order valence-electron chi connectivity index (χ2n) is 6.18. The van der Waals surface area contributed by atoms with Crippen molar-refractivity contribution in [3.8, 4) is 0 Å². The van der Waals surface area contributed by atoms with Crippen molar-refractivity contribution in [1.82, 2.24) is 19.5 Å². The number of aromatic nitrogens is 3. The van der Waals surface area contributed by atoms with Gasteiger partial charge in [-0.3, -0.25) is 14.6 Å². The van der Waals surface area contributed by atoms with Gasteiger partial charge in [0.05, 0.1) is 23.6 Å². The number of para-hydroxylation sites is 1. The van der Waals surface area contributed by atoms with Crippen molar-refractivity contribution in [2.75, 3.05) is 44.3 Å². The number of ether oxygens (including phenoxy) is 1. The van der Waals surface area contributed by atoms with Crippen LogP contribution in [0.4, 0.5) is 9.52 Å². The van der Waals surface area contributed by atoms with Gasteiger partial charge in [0, 0.05) is 26.2 Å². The number of benzene rings is 1. The summed E-state index contributed by atoms with van der Waals surface area (Å²) in [4.78, 5) is 21.9. The number of hydrogen-bond donors (Lipinski definition) is 0. The Morgan fingerprint density at radius 2 is 2.19 bits per heavy atom. The van der Waals surface area contributed by atoms with Crippen LogP contribution in [0.3, 0.4) is 0 Å². The van der Waals surface area contributed by atoms with Gasteiger partial charge < -0.3 is 4.74 Å². The molecule has 27 heavy (non-hydrogen) atoms. The minimum Gasteiger partial charge on any atom is -0.379 e. The molecule has 0 spiro atoms. The first kappa shape index (κ1) is 18.4. The van der Waals surface area contributed by atoms with Gasteiger partial charge in [-0.2, -0.15) is 0 Å². The summed E-state index contributed by atoms with van der Waals surface area (Å²) in [6.45, 7) is 5.96. The maximum Gasteiger partial charge on any atom is 0.273 e. The van der Waals surface area contributed by atoms with E-state index in [1.165, 1.54) is 17.4 Å². The minimum atomic E-state index is -0.383. The van der Waals surface area contributed by atoms with Gasteiger partial charge in [-0.15, -0.1) is 5.10 Å². The van der Waals surface area contributed by atoms with Crippen molar-refractivity contribution in [3.63, 3.8) is 0 Å². The van der Waals surface area contributed by atoms with Gasteiger partial charge >= 0.3 is 0 Å². The third-order valence-corrected chi connectivity index (χ3v) is 6.28. The highest BCUT2D eigenvalue weighted by Gasteiger charge is 2.26. The summed E-state index contributed by atoms with van der Waals surface area (Å²) in [5.74, 6) is -0.582. The lowest BCUT2D eigenvalue weighted by atomic mass is 10.3. The number of fused-ring (bicyclic) bond motifs is 1. The summed E-state index contributed by atoms with van der Waals surface area (Å²) in [5.41, 5.74) is 0.884. The van der Waals surface area contributed by atoms with Crippen LogP contribution in [0.5, 0.6) is 0 Å². The van der Waals surface area contributed by atoms with E-state index in [9.17, 15) is 9.18 Å². The number of hydrogen-bond acceptors (Lipinski definition) is 8. The summed E-state index contributed by atoms with van der Waals surface area (Å²) < 4.78 is 24.0. The van der Waals surface area contributed by atoms with Crippen LogP contribution in [0.2, 0.25) is 0 Å². The number of carbonyl (C=O) groups excluding carboxylic acids is 1. The molecule has 0 aliphatic carbocycles. The average Bonchev–Trinajstić information content (AvgIpc) is 3.29. The number of halogens is 1. The van der Waals surface area contributed by atoms with Crippen LogP contribution in [0.25, 0.3) is 10.2 Å². The van der Waals surface area contributed by atoms with Crippen LogP contribution in [0.1, 0.15) is 15.4 Å². The standard InChI is InChI=1S/C17H18FN5O2S2/c1-11-15(27-21-20-11)16(24)23(6-5-22-7-9-25-10-8-22)17-19-14-12(18)3-2-4-13(14)26-17/h2-4H,5-10H2,1H3. The van der Waals surface area contributed by atoms with Gasteiger partial charge in [-0.1, -0.05) is 21.9 Å². The van der Waals surface area contributed by atoms with Crippen molar-refractivity contribution >= 4 is 44.1 Å². The Morgan fingerprint density at radius 3 is 2.89 bits per heavy atom. The molecular formula is C17H18FN5O2S2. The Balaban J connectivity index is 1.64. The average molecular weight is 407 g/mol. The van der Waals surface area contributed by atoms with Crippen molar-refractivity contribution in [1.29, 1.82) is 0 Å². The number of amides is 1. The summed E-state index contributed by atoms with van der Waals surface area (Å²) in [5, 5.41) is 4.42.